The lowest BCUT2D eigenvalue weighted by Gasteiger charge is -2.34. The maximum Gasteiger partial charge on any atom is 0.264 e. The minimum Gasteiger partial charge on any atom is -0.352 e. The fourth-order valence-corrected chi connectivity index (χ4v) is 7.16. The first-order chi connectivity index (χ1) is 19.7. The molecule has 3 aromatic carbocycles. The number of amides is 2. The van der Waals surface area contributed by atoms with E-state index >= 15 is 0 Å². The van der Waals surface area contributed by atoms with E-state index in [4.69, 9.17) is 0 Å². The van der Waals surface area contributed by atoms with E-state index in [1.165, 1.54) is 18.6 Å². The van der Waals surface area contributed by atoms with E-state index in [9.17, 15) is 18.0 Å². The largest absolute Gasteiger partial charge is 0.352 e. The monoisotopic (exact) mass is 639 g/mol. The topological polar surface area (TPSA) is 86.8 Å². The van der Waals surface area contributed by atoms with Gasteiger partial charge in [-0.1, -0.05) is 96.2 Å². The molecule has 1 aliphatic carbocycles. The second-order valence-electron chi connectivity index (χ2n) is 10.6. The van der Waals surface area contributed by atoms with E-state index in [0.29, 0.717) is 16.6 Å². The van der Waals surface area contributed by atoms with Crippen molar-refractivity contribution in [2.75, 3.05) is 10.8 Å². The number of hydrogen-bond acceptors (Lipinski definition) is 4. The molecule has 41 heavy (non-hydrogen) atoms. The van der Waals surface area contributed by atoms with Crippen molar-refractivity contribution < 1.29 is 18.0 Å². The minimum absolute atomic E-state index is 0.0834. The molecule has 0 radical (unpaired) electrons. The smallest absolute Gasteiger partial charge is 0.264 e. The average Bonchev–Trinajstić information content (AvgIpc) is 2.96. The van der Waals surface area contributed by atoms with Gasteiger partial charge >= 0.3 is 0 Å². The Morgan fingerprint density at radius 3 is 2.32 bits per heavy atom. The van der Waals surface area contributed by atoms with Crippen molar-refractivity contribution in [2.24, 2.45) is 0 Å². The molecule has 1 atom stereocenters. The van der Waals surface area contributed by atoms with Crippen LogP contribution < -0.4 is 9.62 Å². The SMILES string of the molecule is CC[C@H](C(=O)NC1CCCCC1)N(Cc1cccc(C)c1)C(=O)CN(c1cccc(Br)c1)S(=O)(=O)c1ccccc1. The quantitative estimate of drug-likeness (QED) is 0.270. The van der Waals surface area contributed by atoms with E-state index in [1.807, 2.05) is 38.1 Å². The molecule has 1 N–H and O–H groups in total. The number of halogens is 1. The highest BCUT2D eigenvalue weighted by Crippen LogP contribution is 2.27. The lowest BCUT2D eigenvalue weighted by atomic mass is 9.95. The Labute approximate surface area is 252 Å². The van der Waals surface area contributed by atoms with Crippen molar-refractivity contribution >= 4 is 43.5 Å². The first-order valence-corrected chi connectivity index (χ1v) is 16.4. The van der Waals surface area contributed by atoms with Crippen molar-refractivity contribution in [3.8, 4) is 0 Å². The lowest BCUT2D eigenvalue weighted by Crippen LogP contribution is -2.54. The van der Waals surface area contributed by atoms with Gasteiger partial charge in [0.1, 0.15) is 12.6 Å². The van der Waals surface area contributed by atoms with Gasteiger partial charge in [0, 0.05) is 17.1 Å². The van der Waals surface area contributed by atoms with Crippen LogP contribution in [0.5, 0.6) is 0 Å². The first-order valence-electron chi connectivity index (χ1n) is 14.2. The van der Waals surface area contributed by atoms with Crippen LogP contribution >= 0.6 is 15.9 Å². The van der Waals surface area contributed by atoms with Crippen LogP contribution in [-0.4, -0.2) is 43.8 Å². The number of aryl methyl sites for hydroxylation is 1. The fourth-order valence-electron chi connectivity index (χ4n) is 5.35. The van der Waals surface area contributed by atoms with E-state index in [2.05, 4.69) is 21.2 Å². The number of sulfonamides is 1. The van der Waals surface area contributed by atoms with Crippen molar-refractivity contribution in [1.82, 2.24) is 10.2 Å². The molecule has 0 saturated heterocycles. The predicted molar refractivity (Wildman–Crippen MR) is 166 cm³/mol. The van der Waals surface area contributed by atoms with E-state index in [1.54, 1.807) is 47.4 Å². The minimum atomic E-state index is -4.09. The van der Waals surface area contributed by atoms with Gasteiger partial charge in [0.2, 0.25) is 11.8 Å². The lowest BCUT2D eigenvalue weighted by molar-refractivity contribution is -0.140. The summed E-state index contributed by atoms with van der Waals surface area (Å²) in [6, 6.07) is 22.1. The van der Waals surface area contributed by atoms with Crippen LogP contribution in [0.3, 0.4) is 0 Å². The average molecular weight is 641 g/mol. The van der Waals surface area contributed by atoms with Crippen LogP contribution in [0, 0.1) is 6.92 Å². The van der Waals surface area contributed by atoms with Crippen LogP contribution in [0.25, 0.3) is 0 Å². The summed E-state index contributed by atoms with van der Waals surface area (Å²) in [4.78, 5) is 29.4. The van der Waals surface area contributed by atoms with Gasteiger partial charge in [-0.25, -0.2) is 8.42 Å². The number of nitrogens with one attached hydrogen (secondary N) is 1. The summed E-state index contributed by atoms with van der Waals surface area (Å²) >= 11 is 3.43. The van der Waals surface area contributed by atoms with Crippen molar-refractivity contribution in [3.63, 3.8) is 0 Å². The molecule has 1 aliphatic rings. The number of carbonyl (C=O) groups is 2. The first kappa shape index (κ1) is 30.8. The van der Waals surface area contributed by atoms with Gasteiger partial charge in [0.15, 0.2) is 0 Å². The summed E-state index contributed by atoms with van der Waals surface area (Å²) in [6.45, 7) is 3.60. The van der Waals surface area contributed by atoms with Crippen LogP contribution in [0.4, 0.5) is 5.69 Å². The normalized spacial score (nSPS) is 14.7. The highest BCUT2D eigenvalue weighted by Gasteiger charge is 2.34. The molecule has 7 nitrogen and oxygen atoms in total. The molecule has 9 heteroatoms. The third kappa shape index (κ3) is 7.98. The van der Waals surface area contributed by atoms with E-state index < -0.39 is 28.5 Å². The molecule has 3 aromatic rings. The van der Waals surface area contributed by atoms with Gasteiger partial charge in [-0.2, -0.15) is 0 Å². The zero-order valence-electron chi connectivity index (χ0n) is 23.6. The van der Waals surface area contributed by atoms with Crippen LogP contribution in [-0.2, 0) is 26.2 Å². The predicted octanol–water partition coefficient (Wildman–Crippen LogP) is 6.21. The van der Waals surface area contributed by atoms with Crippen LogP contribution in [0.2, 0.25) is 0 Å². The Balaban J connectivity index is 1.70. The summed E-state index contributed by atoms with van der Waals surface area (Å²) < 4.78 is 29.6. The van der Waals surface area contributed by atoms with E-state index in [-0.39, 0.29) is 23.4 Å². The van der Waals surface area contributed by atoms with Gasteiger partial charge in [0.25, 0.3) is 10.0 Å². The maximum absolute atomic E-state index is 14.2. The van der Waals surface area contributed by atoms with Gasteiger partial charge < -0.3 is 10.2 Å². The standard InChI is InChI=1S/C32H38BrN3O4S/c1-3-30(32(38)34-27-15-6-4-7-16-27)35(22-25-13-10-12-24(2)20-25)31(37)23-36(28-17-11-14-26(33)21-28)41(39,40)29-18-8-5-9-19-29/h5,8-14,17-21,27,30H,3-4,6-7,15-16,22-23H2,1-2H3,(H,34,38)/t30-/m1/s1. The van der Waals surface area contributed by atoms with Crippen LogP contribution in [0.15, 0.2) is 88.2 Å². The number of benzene rings is 3. The van der Waals surface area contributed by atoms with Gasteiger partial charge in [-0.3, -0.25) is 13.9 Å². The Bertz CT molecular complexity index is 1440. The zero-order chi connectivity index (χ0) is 29.4. The molecular weight excluding hydrogens is 602 g/mol. The third-order valence-electron chi connectivity index (χ3n) is 7.48. The molecule has 0 unspecified atom stereocenters. The number of hydrogen-bond donors (Lipinski definition) is 1. The Hall–Kier alpha value is -3.17. The highest BCUT2D eigenvalue weighted by atomic mass is 79.9. The summed E-state index contributed by atoms with van der Waals surface area (Å²) in [7, 11) is -4.09. The molecule has 4 rings (SSSR count). The molecule has 1 fully saturated rings. The van der Waals surface area contributed by atoms with Crippen molar-refractivity contribution in [3.05, 3.63) is 94.5 Å². The number of carbonyl (C=O) groups excluding carboxylic acids is 2. The highest BCUT2D eigenvalue weighted by molar-refractivity contribution is 9.10. The molecule has 0 spiro atoms. The van der Waals surface area contributed by atoms with Gasteiger partial charge in [-0.15, -0.1) is 0 Å². The Morgan fingerprint density at radius 2 is 1.66 bits per heavy atom. The molecule has 0 aliphatic heterocycles. The summed E-state index contributed by atoms with van der Waals surface area (Å²) in [5.74, 6) is -0.642. The van der Waals surface area contributed by atoms with Crippen molar-refractivity contribution in [2.45, 2.75) is 75.9 Å². The second-order valence-corrected chi connectivity index (χ2v) is 13.4. The molecular formula is C32H38BrN3O4S. The van der Waals surface area contributed by atoms with Gasteiger partial charge in [0.05, 0.1) is 10.6 Å². The number of rotatable bonds is 11. The molecule has 2 amide bonds. The zero-order valence-corrected chi connectivity index (χ0v) is 26.0. The molecule has 0 bridgehead atoms. The summed E-state index contributed by atoms with van der Waals surface area (Å²) in [5, 5.41) is 3.18. The molecule has 1 saturated carbocycles. The number of nitrogens with zero attached hydrogens (tertiary/aromatic N) is 2. The third-order valence-corrected chi connectivity index (χ3v) is 9.76. The fraction of sp³-hybridized carbons (Fsp3) is 0.375. The summed E-state index contributed by atoms with van der Waals surface area (Å²) in [5.41, 5.74) is 2.27. The maximum atomic E-state index is 14.2. The van der Waals surface area contributed by atoms with Crippen LogP contribution in [0.1, 0.15) is 56.6 Å². The Morgan fingerprint density at radius 1 is 0.951 bits per heavy atom. The molecule has 218 valence electrons. The van der Waals surface area contributed by atoms with Crippen molar-refractivity contribution in [1.29, 1.82) is 0 Å². The van der Waals surface area contributed by atoms with Gasteiger partial charge in [-0.05, 0) is 62.1 Å². The molecule has 0 heterocycles. The van der Waals surface area contributed by atoms with E-state index in [0.717, 1.165) is 41.1 Å². The number of anilines is 1. The Kier molecular flexibility index (Phi) is 10.6. The summed E-state index contributed by atoms with van der Waals surface area (Å²) in [6.07, 6.45) is 5.58. The molecule has 0 aromatic heterocycles. The second kappa shape index (κ2) is 14.1.